The van der Waals surface area contributed by atoms with E-state index < -0.39 is 0 Å². The van der Waals surface area contributed by atoms with Crippen molar-refractivity contribution in [3.63, 3.8) is 0 Å². The maximum atomic E-state index is 12.0. The van der Waals surface area contributed by atoms with E-state index in [1.165, 1.54) is 25.7 Å². The molecule has 1 amide bonds. The number of hydrogen-bond donors (Lipinski definition) is 1. The summed E-state index contributed by atoms with van der Waals surface area (Å²) in [6.45, 7) is 3.07. The third-order valence-corrected chi connectivity index (χ3v) is 4.45. The van der Waals surface area contributed by atoms with Gasteiger partial charge in [0.15, 0.2) is 0 Å². The van der Waals surface area contributed by atoms with Crippen LogP contribution in [0.25, 0.3) is 0 Å². The summed E-state index contributed by atoms with van der Waals surface area (Å²) in [6, 6.07) is 3.57. The second-order valence-corrected chi connectivity index (χ2v) is 5.82. The SMILES string of the molecule is CC1CCCCC1CNC(=O)c1cccnc1Br. The van der Waals surface area contributed by atoms with Crippen LogP contribution in [0.1, 0.15) is 43.0 Å². The molecule has 4 heteroatoms. The predicted octanol–water partition coefficient (Wildman–Crippen LogP) is 3.40. The molecule has 18 heavy (non-hydrogen) atoms. The molecule has 0 spiro atoms. The first-order chi connectivity index (χ1) is 8.68. The number of amides is 1. The van der Waals surface area contributed by atoms with Crippen LogP contribution in [-0.2, 0) is 0 Å². The van der Waals surface area contributed by atoms with Crippen molar-refractivity contribution in [1.82, 2.24) is 10.3 Å². The Morgan fingerprint density at radius 1 is 1.50 bits per heavy atom. The third kappa shape index (κ3) is 3.31. The molecule has 2 rings (SSSR count). The van der Waals surface area contributed by atoms with Crippen LogP contribution in [0.4, 0.5) is 0 Å². The number of pyridine rings is 1. The molecular formula is C14H19BrN2O. The molecule has 1 heterocycles. The summed E-state index contributed by atoms with van der Waals surface area (Å²) in [5, 5.41) is 3.03. The summed E-state index contributed by atoms with van der Waals surface area (Å²) in [4.78, 5) is 16.1. The molecule has 1 aliphatic carbocycles. The fourth-order valence-corrected chi connectivity index (χ4v) is 3.00. The van der Waals surface area contributed by atoms with Gasteiger partial charge < -0.3 is 5.32 Å². The Labute approximate surface area is 117 Å². The Balaban J connectivity index is 1.90. The first-order valence-corrected chi connectivity index (χ1v) is 7.36. The van der Waals surface area contributed by atoms with Gasteiger partial charge >= 0.3 is 0 Å². The van der Waals surface area contributed by atoms with E-state index in [2.05, 4.69) is 33.2 Å². The fraction of sp³-hybridized carbons (Fsp3) is 0.571. The van der Waals surface area contributed by atoms with E-state index in [1.54, 1.807) is 18.3 Å². The molecule has 0 aliphatic heterocycles. The number of nitrogens with zero attached hydrogens (tertiary/aromatic N) is 1. The number of halogens is 1. The van der Waals surface area contributed by atoms with Crippen molar-refractivity contribution in [3.05, 3.63) is 28.5 Å². The van der Waals surface area contributed by atoms with Gasteiger partial charge in [-0.1, -0.05) is 26.2 Å². The third-order valence-electron chi connectivity index (χ3n) is 3.82. The normalized spacial score (nSPS) is 23.7. The highest BCUT2D eigenvalue weighted by Gasteiger charge is 2.22. The van der Waals surface area contributed by atoms with E-state index in [1.807, 2.05) is 0 Å². The van der Waals surface area contributed by atoms with Gasteiger partial charge in [-0.3, -0.25) is 4.79 Å². The van der Waals surface area contributed by atoms with E-state index in [0.717, 1.165) is 12.5 Å². The molecule has 1 aliphatic rings. The number of aromatic nitrogens is 1. The minimum Gasteiger partial charge on any atom is -0.352 e. The lowest BCUT2D eigenvalue weighted by Crippen LogP contribution is -2.33. The minimum atomic E-state index is -0.0345. The van der Waals surface area contributed by atoms with E-state index in [0.29, 0.717) is 16.1 Å². The molecular weight excluding hydrogens is 292 g/mol. The van der Waals surface area contributed by atoms with Crippen molar-refractivity contribution in [1.29, 1.82) is 0 Å². The molecule has 0 aromatic carbocycles. The smallest absolute Gasteiger partial charge is 0.254 e. The zero-order valence-electron chi connectivity index (χ0n) is 10.7. The van der Waals surface area contributed by atoms with Crippen molar-refractivity contribution >= 4 is 21.8 Å². The van der Waals surface area contributed by atoms with Gasteiger partial charge in [-0.25, -0.2) is 4.98 Å². The van der Waals surface area contributed by atoms with Crippen molar-refractivity contribution in [2.75, 3.05) is 6.54 Å². The highest BCUT2D eigenvalue weighted by atomic mass is 79.9. The van der Waals surface area contributed by atoms with E-state index in [-0.39, 0.29) is 5.91 Å². The van der Waals surface area contributed by atoms with Gasteiger partial charge in [-0.05, 0) is 46.3 Å². The van der Waals surface area contributed by atoms with Crippen LogP contribution in [0.3, 0.4) is 0 Å². The molecule has 98 valence electrons. The van der Waals surface area contributed by atoms with Gasteiger partial charge in [0, 0.05) is 12.7 Å². The fourth-order valence-electron chi connectivity index (χ4n) is 2.57. The lowest BCUT2D eigenvalue weighted by molar-refractivity contribution is 0.0935. The minimum absolute atomic E-state index is 0.0345. The van der Waals surface area contributed by atoms with Gasteiger partial charge in [0.1, 0.15) is 4.60 Å². The molecule has 0 saturated heterocycles. The lowest BCUT2D eigenvalue weighted by atomic mass is 9.80. The largest absolute Gasteiger partial charge is 0.352 e. The van der Waals surface area contributed by atoms with E-state index in [4.69, 9.17) is 0 Å². The molecule has 1 N–H and O–H groups in total. The van der Waals surface area contributed by atoms with Crippen LogP contribution in [0, 0.1) is 11.8 Å². The monoisotopic (exact) mass is 310 g/mol. The van der Waals surface area contributed by atoms with Crippen molar-refractivity contribution in [3.8, 4) is 0 Å². The highest BCUT2D eigenvalue weighted by molar-refractivity contribution is 9.10. The topological polar surface area (TPSA) is 42.0 Å². The number of carbonyl (C=O) groups is 1. The molecule has 1 aromatic heterocycles. The van der Waals surface area contributed by atoms with E-state index in [9.17, 15) is 4.79 Å². The molecule has 2 atom stereocenters. The average molecular weight is 311 g/mol. The number of rotatable bonds is 3. The van der Waals surface area contributed by atoms with Gasteiger partial charge in [0.25, 0.3) is 5.91 Å². The maximum absolute atomic E-state index is 12.0. The van der Waals surface area contributed by atoms with Crippen LogP contribution >= 0.6 is 15.9 Å². The van der Waals surface area contributed by atoms with Gasteiger partial charge in [-0.2, -0.15) is 0 Å². The molecule has 2 unspecified atom stereocenters. The lowest BCUT2D eigenvalue weighted by Gasteiger charge is -2.28. The van der Waals surface area contributed by atoms with Crippen molar-refractivity contribution in [2.24, 2.45) is 11.8 Å². The zero-order chi connectivity index (χ0) is 13.0. The summed E-state index contributed by atoms with van der Waals surface area (Å²) < 4.78 is 0.610. The van der Waals surface area contributed by atoms with Crippen LogP contribution in [0.5, 0.6) is 0 Å². The first-order valence-electron chi connectivity index (χ1n) is 6.57. The zero-order valence-corrected chi connectivity index (χ0v) is 12.2. The predicted molar refractivity (Wildman–Crippen MR) is 75.4 cm³/mol. The summed E-state index contributed by atoms with van der Waals surface area (Å²) in [5.74, 6) is 1.31. The number of carbonyl (C=O) groups excluding carboxylic acids is 1. The summed E-state index contributed by atoms with van der Waals surface area (Å²) in [6.07, 6.45) is 6.82. The Bertz CT molecular complexity index is 422. The molecule has 1 fully saturated rings. The highest BCUT2D eigenvalue weighted by Crippen LogP contribution is 2.28. The number of hydrogen-bond acceptors (Lipinski definition) is 2. The molecule has 0 radical (unpaired) electrons. The second kappa shape index (κ2) is 6.32. The Morgan fingerprint density at radius 2 is 2.28 bits per heavy atom. The Hall–Kier alpha value is -0.900. The van der Waals surface area contributed by atoms with Crippen LogP contribution in [0.15, 0.2) is 22.9 Å². The molecule has 1 aromatic rings. The standard InChI is InChI=1S/C14H19BrN2O/c1-10-5-2-3-6-11(10)9-17-14(18)12-7-4-8-16-13(12)15/h4,7-8,10-11H,2-3,5-6,9H2,1H3,(H,17,18). The maximum Gasteiger partial charge on any atom is 0.254 e. The summed E-state index contributed by atoms with van der Waals surface area (Å²) in [5.41, 5.74) is 0.612. The molecule has 1 saturated carbocycles. The molecule has 3 nitrogen and oxygen atoms in total. The van der Waals surface area contributed by atoms with Gasteiger partial charge in [-0.15, -0.1) is 0 Å². The van der Waals surface area contributed by atoms with E-state index >= 15 is 0 Å². The average Bonchev–Trinajstić information content (AvgIpc) is 2.38. The Kier molecular flexibility index (Phi) is 4.75. The second-order valence-electron chi connectivity index (χ2n) is 5.07. The van der Waals surface area contributed by atoms with Gasteiger partial charge in [0.2, 0.25) is 0 Å². The van der Waals surface area contributed by atoms with Crippen molar-refractivity contribution < 1.29 is 4.79 Å². The number of nitrogens with one attached hydrogen (secondary N) is 1. The van der Waals surface area contributed by atoms with Crippen LogP contribution in [-0.4, -0.2) is 17.4 Å². The Morgan fingerprint density at radius 3 is 3.00 bits per heavy atom. The van der Waals surface area contributed by atoms with Crippen molar-refractivity contribution in [2.45, 2.75) is 32.6 Å². The summed E-state index contributed by atoms with van der Waals surface area (Å²) in [7, 11) is 0. The van der Waals surface area contributed by atoms with Gasteiger partial charge in [0.05, 0.1) is 5.56 Å². The quantitative estimate of drug-likeness (QED) is 0.869. The first kappa shape index (κ1) is 13.5. The van der Waals surface area contributed by atoms with Crippen LogP contribution in [0.2, 0.25) is 0 Å². The summed E-state index contributed by atoms with van der Waals surface area (Å²) >= 11 is 3.30. The van der Waals surface area contributed by atoms with Crippen LogP contribution < -0.4 is 5.32 Å². The molecule has 0 bridgehead atoms.